The van der Waals surface area contributed by atoms with Crippen molar-refractivity contribution in [2.75, 3.05) is 14.1 Å². The van der Waals surface area contributed by atoms with Gasteiger partial charge in [0.05, 0.1) is 0 Å². The first-order chi connectivity index (χ1) is 5.15. The van der Waals surface area contributed by atoms with E-state index in [2.05, 4.69) is 25.9 Å². The van der Waals surface area contributed by atoms with Crippen molar-refractivity contribution in [3.8, 4) is 0 Å². The molecule has 0 saturated heterocycles. The molecule has 0 atom stereocenters. The first-order valence-electron chi connectivity index (χ1n) is 4.83. The summed E-state index contributed by atoms with van der Waals surface area (Å²) in [4.78, 5) is 2.30. The Bertz CT molecular complexity index is 72.9. The van der Waals surface area contributed by atoms with Crippen LogP contribution in [0, 0.1) is 0 Å². The number of rotatable bonds is 1. The lowest BCUT2D eigenvalue weighted by Crippen LogP contribution is -2.25. The van der Waals surface area contributed by atoms with Gasteiger partial charge in [-0.15, -0.1) is 0 Å². The number of hydrogen-bond donors (Lipinski definition) is 0. The molecule has 0 radical (unpaired) electrons. The minimum atomic E-state index is 0.583. The third kappa shape index (κ3) is 5.25. The van der Waals surface area contributed by atoms with Crippen LogP contribution in [0.2, 0.25) is 0 Å². The van der Waals surface area contributed by atoms with E-state index in [4.69, 9.17) is 0 Å². The van der Waals surface area contributed by atoms with Crippen molar-refractivity contribution >= 4 is 0 Å². The SMILES string of the molecule is CC.CC.CN(C)C1(C)CC1. The van der Waals surface area contributed by atoms with Gasteiger partial charge in [-0.05, 0) is 33.9 Å². The van der Waals surface area contributed by atoms with Crippen molar-refractivity contribution in [2.45, 2.75) is 53.0 Å². The van der Waals surface area contributed by atoms with Gasteiger partial charge in [-0.25, -0.2) is 0 Å². The summed E-state index contributed by atoms with van der Waals surface area (Å²) in [5, 5.41) is 0. The van der Waals surface area contributed by atoms with E-state index < -0.39 is 0 Å². The minimum Gasteiger partial charge on any atom is -0.304 e. The van der Waals surface area contributed by atoms with Crippen LogP contribution in [0.3, 0.4) is 0 Å². The average Bonchev–Trinajstić information content (AvgIpc) is 2.78. The van der Waals surface area contributed by atoms with E-state index in [1.54, 1.807) is 0 Å². The highest BCUT2D eigenvalue weighted by Gasteiger charge is 2.38. The topological polar surface area (TPSA) is 3.24 Å². The molecule has 1 rings (SSSR count). The maximum atomic E-state index is 2.30. The van der Waals surface area contributed by atoms with Gasteiger partial charge in [-0.3, -0.25) is 0 Å². The molecule has 0 bridgehead atoms. The summed E-state index contributed by atoms with van der Waals surface area (Å²) in [5.74, 6) is 0. The Morgan fingerprint density at radius 2 is 1.18 bits per heavy atom. The number of hydrogen-bond acceptors (Lipinski definition) is 1. The molecule has 0 aliphatic heterocycles. The van der Waals surface area contributed by atoms with Gasteiger partial charge in [0.2, 0.25) is 0 Å². The quantitative estimate of drug-likeness (QED) is 0.568. The molecule has 11 heavy (non-hydrogen) atoms. The standard InChI is InChI=1S/C6H13N.2C2H6/c1-6(4-5-6)7(2)3;2*1-2/h4-5H2,1-3H3;2*1-2H3. The van der Waals surface area contributed by atoms with Gasteiger partial charge in [-0.1, -0.05) is 27.7 Å². The molecule has 0 amide bonds. The van der Waals surface area contributed by atoms with Crippen LogP contribution in [0.5, 0.6) is 0 Å². The van der Waals surface area contributed by atoms with Gasteiger partial charge in [0.25, 0.3) is 0 Å². The van der Waals surface area contributed by atoms with Gasteiger partial charge in [0, 0.05) is 5.54 Å². The summed E-state index contributed by atoms with van der Waals surface area (Å²) in [5.41, 5.74) is 0.583. The largest absolute Gasteiger partial charge is 0.304 e. The summed E-state index contributed by atoms with van der Waals surface area (Å²) in [6.07, 6.45) is 2.78. The van der Waals surface area contributed by atoms with E-state index >= 15 is 0 Å². The smallest absolute Gasteiger partial charge is 0.0176 e. The predicted molar refractivity (Wildman–Crippen MR) is 54.0 cm³/mol. The van der Waals surface area contributed by atoms with E-state index in [0.717, 1.165) is 0 Å². The summed E-state index contributed by atoms with van der Waals surface area (Å²) in [6.45, 7) is 10.3. The predicted octanol–water partition coefficient (Wildman–Crippen LogP) is 3.15. The molecule has 1 fully saturated rings. The van der Waals surface area contributed by atoms with E-state index in [1.165, 1.54) is 12.8 Å². The van der Waals surface area contributed by atoms with Gasteiger partial charge in [0.1, 0.15) is 0 Å². The van der Waals surface area contributed by atoms with Crippen LogP contribution in [-0.4, -0.2) is 24.5 Å². The molecule has 1 aliphatic rings. The Morgan fingerprint density at radius 3 is 1.18 bits per heavy atom. The third-order valence-corrected chi connectivity index (χ3v) is 2.05. The molecule has 0 unspecified atom stereocenters. The summed E-state index contributed by atoms with van der Waals surface area (Å²) >= 11 is 0. The maximum Gasteiger partial charge on any atom is 0.0176 e. The molecular formula is C10H25N. The first kappa shape index (κ1) is 13.5. The van der Waals surface area contributed by atoms with Crippen LogP contribution in [0.4, 0.5) is 0 Å². The minimum absolute atomic E-state index is 0.583. The number of nitrogens with zero attached hydrogens (tertiary/aromatic N) is 1. The molecule has 1 aliphatic carbocycles. The zero-order valence-corrected chi connectivity index (χ0v) is 9.36. The molecule has 70 valence electrons. The van der Waals surface area contributed by atoms with Crippen molar-refractivity contribution < 1.29 is 0 Å². The monoisotopic (exact) mass is 159 g/mol. The van der Waals surface area contributed by atoms with Crippen LogP contribution in [0.15, 0.2) is 0 Å². The molecule has 0 aromatic rings. The Balaban J connectivity index is 0. The summed E-state index contributed by atoms with van der Waals surface area (Å²) < 4.78 is 0. The highest BCUT2D eigenvalue weighted by molar-refractivity contribution is 4.96. The Labute approximate surface area is 72.8 Å². The van der Waals surface area contributed by atoms with E-state index in [9.17, 15) is 0 Å². The Morgan fingerprint density at radius 1 is 0.909 bits per heavy atom. The van der Waals surface area contributed by atoms with Crippen LogP contribution in [0.1, 0.15) is 47.5 Å². The zero-order valence-electron chi connectivity index (χ0n) is 9.36. The molecule has 1 saturated carbocycles. The van der Waals surface area contributed by atoms with Gasteiger partial charge >= 0.3 is 0 Å². The van der Waals surface area contributed by atoms with Crippen LogP contribution >= 0.6 is 0 Å². The Hall–Kier alpha value is -0.0400. The zero-order chi connectivity index (χ0) is 9.49. The molecule has 0 aromatic heterocycles. The van der Waals surface area contributed by atoms with Crippen LogP contribution in [0.25, 0.3) is 0 Å². The van der Waals surface area contributed by atoms with E-state index in [-0.39, 0.29) is 0 Å². The molecular weight excluding hydrogens is 134 g/mol. The second kappa shape index (κ2) is 6.66. The normalized spacial score (nSPS) is 17.5. The van der Waals surface area contributed by atoms with Crippen LogP contribution < -0.4 is 0 Å². The fraction of sp³-hybridized carbons (Fsp3) is 1.00. The lowest BCUT2D eigenvalue weighted by Gasteiger charge is -2.16. The second-order valence-electron chi connectivity index (χ2n) is 2.89. The molecule has 0 N–H and O–H groups in total. The van der Waals surface area contributed by atoms with Crippen molar-refractivity contribution in [3.63, 3.8) is 0 Å². The van der Waals surface area contributed by atoms with Gasteiger partial charge in [0.15, 0.2) is 0 Å². The van der Waals surface area contributed by atoms with Crippen molar-refractivity contribution in [1.82, 2.24) is 4.90 Å². The lowest BCUT2D eigenvalue weighted by atomic mass is 10.3. The average molecular weight is 159 g/mol. The fourth-order valence-corrected chi connectivity index (χ4v) is 0.628. The summed E-state index contributed by atoms with van der Waals surface area (Å²) in [7, 11) is 4.29. The molecule has 1 heteroatoms. The molecule has 1 nitrogen and oxygen atoms in total. The van der Waals surface area contributed by atoms with E-state index in [1.807, 2.05) is 27.7 Å². The van der Waals surface area contributed by atoms with Gasteiger partial charge in [-0.2, -0.15) is 0 Å². The molecule has 0 spiro atoms. The van der Waals surface area contributed by atoms with Gasteiger partial charge < -0.3 is 4.90 Å². The lowest BCUT2D eigenvalue weighted by molar-refractivity contribution is 0.294. The third-order valence-electron chi connectivity index (χ3n) is 2.05. The fourth-order valence-electron chi connectivity index (χ4n) is 0.628. The molecule has 0 aromatic carbocycles. The van der Waals surface area contributed by atoms with Crippen molar-refractivity contribution in [2.24, 2.45) is 0 Å². The maximum absolute atomic E-state index is 2.30. The highest BCUT2D eigenvalue weighted by Crippen LogP contribution is 2.38. The Kier molecular flexibility index (Phi) is 8.20. The first-order valence-corrected chi connectivity index (χ1v) is 4.83. The molecule has 0 heterocycles. The van der Waals surface area contributed by atoms with Crippen LogP contribution in [-0.2, 0) is 0 Å². The van der Waals surface area contributed by atoms with Crippen molar-refractivity contribution in [1.29, 1.82) is 0 Å². The summed E-state index contributed by atoms with van der Waals surface area (Å²) in [6, 6.07) is 0. The van der Waals surface area contributed by atoms with Crippen molar-refractivity contribution in [3.05, 3.63) is 0 Å². The highest BCUT2D eigenvalue weighted by atomic mass is 15.2. The second-order valence-corrected chi connectivity index (χ2v) is 2.89. The van der Waals surface area contributed by atoms with E-state index in [0.29, 0.717) is 5.54 Å².